The Morgan fingerprint density at radius 2 is 1.67 bits per heavy atom. The van der Waals surface area contributed by atoms with E-state index in [0.717, 1.165) is 49.2 Å². The normalized spacial score (nSPS) is 15.7. The zero-order valence-corrected chi connectivity index (χ0v) is 16.6. The van der Waals surface area contributed by atoms with Crippen LogP contribution in [0.15, 0.2) is 48.5 Å². The van der Waals surface area contributed by atoms with Gasteiger partial charge in [0, 0.05) is 12.2 Å². The number of benzene rings is 2. The first-order chi connectivity index (χ1) is 13.0. The molecule has 2 aromatic carbocycles. The second-order valence-corrected chi connectivity index (χ2v) is 7.79. The minimum absolute atomic E-state index is 0.102. The Kier molecular flexibility index (Phi) is 6.17. The van der Waals surface area contributed by atoms with Gasteiger partial charge in [0.1, 0.15) is 12.4 Å². The molecule has 1 aliphatic carbocycles. The number of amides is 1. The maximum absolute atomic E-state index is 13.2. The molecule has 3 rings (SSSR count). The molecule has 4 heteroatoms. The van der Waals surface area contributed by atoms with E-state index >= 15 is 0 Å². The Morgan fingerprint density at radius 1 is 1.04 bits per heavy atom. The maximum Gasteiger partial charge on any atom is 0.235 e. The topological polar surface area (TPSA) is 41.6 Å². The number of likely N-dealkylation sites (N-methyl/N-ethyl adjacent to an activating group) is 1. The number of carbonyl (C=O) groups excluding carboxylic acids is 1. The van der Waals surface area contributed by atoms with E-state index in [9.17, 15) is 4.79 Å². The van der Waals surface area contributed by atoms with Crippen molar-refractivity contribution in [1.82, 2.24) is 4.90 Å². The summed E-state index contributed by atoms with van der Waals surface area (Å²) in [6.45, 7) is 3.60. The second kappa shape index (κ2) is 8.57. The molecule has 1 aliphatic rings. The molecule has 4 nitrogen and oxygen atoms in total. The van der Waals surface area contributed by atoms with E-state index in [1.807, 2.05) is 38.4 Å². The molecule has 0 aliphatic heterocycles. The molecule has 1 saturated carbocycles. The minimum Gasteiger partial charge on any atom is -0.492 e. The summed E-state index contributed by atoms with van der Waals surface area (Å²) >= 11 is 0. The van der Waals surface area contributed by atoms with Gasteiger partial charge in [0.25, 0.3) is 0 Å². The predicted octanol–water partition coefficient (Wildman–Crippen LogP) is 4.39. The van der Waals surface area contributed by atoms with E-state index in [4.69, 9.17) is 4.74 Å². The molecule has 0 atom stereocenters. The van der Waals surface area contributed by atoms with Crippen LogP contribution in [0.3, 0.4) is 0 Å². The van der Waals surface area contributed by atoms with Gasteiger partial charge in [-0.1, -0.05) is 42.7 Å². The highest BCUT2D eigenvalue weighted by Crippen LogP contribution is 2.42. The van der Waals surface area contributed by atoms with E-state index in [-0.39, 0.29) is 5.91 Å². The molecule has 1 fully saturated rings. The fourth-order valence-electron chi connectivity index (χ4n) is 3.73. The van der Waals surface area contributed by atoms with E-state index < -0.39 is 5.41 Å². The third kappa shape index (κ3) is 4.69. The summed E-state index contributed by atoms with van der Waals surface area (Å²) in [6.07, 6.45) is 4.02. The van der Waals surface area contributed by atoms with Crippen molar-refractivity contribution in [3.05, 3.63) is 59.7 Å². The van der Waals surface area contributed by atoms with Crippen molar-refractivity contribution in [1.29, 1.82) is 0 Å². The molecular formula is C23H30N2O2. The average molecular weight is 367 g/mol. The number of nitrogens with one attached hydrogen (secondary N) is 1. The summed E-state index contributed by atoms with van der Waals surface area (Å²) in [6, 6.07) is 16.1. The van der Waals surface area contributed by atoms with Crippen LogP contribution in [-0.2, 0) is 10.2 Å². The number of carbonyl (C=O) groups is 1. The fraction of sp³-hybridized carbons (Fsp3) is 0.435. The Labute approximate surface area is 162 Å². The van der Waals surface area contributed by atoms with E-state index in [1.54, 1.807) is 0 Å². The SMILES string of the molecule is Cc1ccc(C2(C(=O)Nc3ccc(OCCN(C)C)cc3)CCCC2)cc1. The maximum atomic E-state index is 13.2. The lowest BCUT2D eigenvalue weighted by atomic mass is 9.77. The molecule has 144 valence electrons. The van der Waals surface area contributed by atoms with Crippen LogP contribution in [0, 0.1) is 6.92 Å². The van der Waals surface area contributed by atoms with E-state index in [1.165, 1.54) is 5.56 Å². The Hall–Kier alpha value is -2.33. The number of hydrogen-bond acceptors (Lipinski definition) is 3. The summed E-state index contributed by atoms with van der Waals surface area (Å²) in [5, 5.41) is 3.14. The van der Waals surface area contributed by atoms with Crippen LogP contribution in [0.5, 0.6) is 5.75 Å². The molecule has 0 spiro atoms. The molecule has 0 heterocycles. The molecular weight excluding hydrogens is 336 g/mol. The highest BCUT2D eigenvalue weighted by Gasteiger charge is 2.42. The summed E-state index contributed by atoms with van der Waals surface area (Å²) in [4.78, 5) is 15.3. The van der Waals surface area contributed by atoms with Crippen LogP contribution in [0.2, 0.25) is 0 Å². The van der Waals surface area contributed by atoms with Crippen molar-refractivity contribution in [2.45, 2.75) is 38.0 Å². The van der Waals surface area contributed by atoms with Crippen LogP contribution < -0.4 is 10.1 Å². The molecule has 0 saturated heterocycles. The lowest BCUT2D eigenvalue weighted by Crippen LogP contribution is -2.38. The number of rotatable bonds is 7. The van der Waals surface area contributed by atoms with Crippen molar-refractivity contribution in [2.75, 3.05) is 32.6 Å². The zero-order chi connectivity index (χ0) is 19.3. The highest BCUT2D eigenvalue weighted by molar-refractivity contribution is 5.99. The standard InChI is InChI=1S/C23H30N2O2/c1-18-6-8-19(9-7-18)23(14-4-5-15-23)22(26)24-20-10-12-21(13-11-20)27-17-16-25(2)3/h6-13H,4-5,14-17H2,1-3H3,(H,24,26). The van der Waals surface area contributed by atoms with Gasteiger partial charge in [-0.15, -0.1) is 0 Å². The lowest BCUT2D eigenvalue weighted by molar-refractivity contribution is -0.121. The van der Waals surface area contributed by atoms with Gasteiger partial charge in [-0.25, -0.2) is 0 Å². The number of anilines is 1. The largest absolute Gasteiger partial charge is 0.492 e. The summed E-state index contributed by atoms with van der Waals surface area (Å²) < 4.78 is 5.72. The first-order valence-electron chi connectivity index (χ1n) is 9.76. The molecule has 0 unspecified atom stereocenters. The van der Waals surface area contributed by atoms with Gasteiger partial charge in [0.15, 0.2) is 0 Å². The molecule has 0 bridgehead atoms. The first-order valence-corrected chi connectivity index (χ1v) is 9.76. The molecule has 1 N–H and O–H groups in total. The number of ether oxygens (including phenoxy) is 1. The van der Waals surface area contributed by atoms with Crippen LogP contribution in [0.1, 0.15) is 36.8 Å². The zero-order valence-electron chi connectivity index (χ0n) is 16.6. The quantitative estimate of drug-likeness (QED) is 0.790. The van der Waals surface area contributed by atoms with E-state index in [2.05, 4.69) is 41.4 Å². The molecule has 0 radical (unpaired) electrons. The van der Waals surface area contributed by atoms with Crippen LogP contribution in [0.25, 0.3) is 0 Å². The van der Waals surface area contributed by atoms with Gasteiger partial charge in [-0.2, -0.15) is 0 Å². The third-order valence-electron chi connectivity index (χ3n) is 5.42. The fourth-order valence-corrected chi connectivity index (χ4v) is 3.73. The van der Waals surface area contributed by atoms with Gasteiger partial charge >= 0.3 is 0 Å². The lowest BCUT2D eigenvalue weighted by Gasteiger charge is -2.28. The van der Waals surface area contributed by atoms with Crippen LogP contribution in [-0.4, -0.2) is 38.1 Å². The summed E-state index contributed by atoms with van der Waals surface area (Å²) in [7, 11) is 4.05. The Morgan fingerprint density at radius 3 is 2.26 bits per heavy atom. The monoisotopic (exact) mass is 366 g/mol. The third-order valence-corrected chi connectivity index (χ3v) is 5.42. The van der Waals surface area contributed by atoms with Crippen molar-refractivity contribution in [2.24, 2.45) is 0 Å². The molecule has 27 heavy (non-hydrogen) atoms. The van der Waals surface area contributed by atoms with Crippen molar-refractivity contribution in [3.63, 3.8) is 0 Å². The van der Waals surface area contributed by atoms with Crippen LogP contribution in [0.4, 0.5) is 5.69 Å². The highest BCUT2D eigenvalue weighted by atomic mass is 16.5. The first kappa shape index (κ1) is 19.4. The van der Waals surface area contributed by atoms with Crippen molar-refractivity contribution in [3.8, 4) is 5.75 Å². The molecule has 0 aromatic heterocycles. The summed E-state index contributed by atoms with van der Waals surface area (Å²) in [5.41, 5.74) is 2.76. The minimum atomic E-state index is -0.408. The molecule has 2 aromatic rings. The van der Waals surface area contributed by atoms with Gasteiger partial charge in [-0.3, -0.25) is 4.79 Å². The smallest absolute Gasteiger partial charge is 0.235 e. The molecule has 1 amide bonds. The van der Waals surface area contributed by atoms with Gasteiger partial charge in [-0.05, 0) is 63.7 Å². The number of aryl methyl sites for hydroxylation is 1. The van der Waals surface area contributed by atoms with Gasteiger partial charge in [0.05, 0.1) is 5.41 Å². The Bertz CT molecular complexity index is 745. The van der Waals surface area contributed by atoms with Crippen molar-refractivity contribution < 1.29 is 9.53 Å². The van der Waals surface area contributed by atoms with Gasteiger partial charge in [0.2, 0.25) is 5.91 Å². The van der Waals surface area contributed by atoms with Crippen molar-refractivity contribution >= 4 is 11.6 Å². The average Bonchev–Trinajstić information content (AvgIpc) is 3.14. The predicted molar refractivity (Wildman–Crippen MR) is 110 cm³/mol. The second-order valence-electron chi connectivity index (χ2n) is 7.79. The number of nitrogens with zero attached hydrogens (tertiary/aromatic N) is 1. The number of hydrogen-bond donors (Lipinski definition) is 1. The Balaban J connectivity index is 1.68. The van der Waals surface area contributed by atoms with E-state index in [0.29, 0.717) is 6.61 Å². The summed E-state index contributed by atoms with van der Waals surface area (Å²) in [5.74, 6) is 0.925. The van der Waals surface area contributed by atoms with Crippen LogP contribution >= 0.6 is 0 Å². The van der Waals surface area contributed by atoms with Gasteiger partial charge < -0.3 is 15.0 Å².